The summed E-state index contributed by atoms with van der Waals surface area (Å²) in [7, 11) is 5.27. The average molecular weight is 518 g/mol. The monoisotopic (exact) mass is 517 g/mol. The Morgan fingerprint density at radius 1 is 0.868 bits per heavy atom. The number of hydrogen-bond acceptors (Lipinski definition) is 6. The molecule has 0 aliphatic carbocycles. The first-order valence-corrected chi connectivity index (χ1v) is 13.1. The van der Waals surface area contributed by atoms with E-state index >= 15 is 0 Å². The molecule has 0 bridgehead atoms. The van der Waals surface area contributed by atoms with Crippen LogP contribution >= 0.6 is 0 Å². The van der Waals surface area contributed by atoms with E-state index in [2.05, 4.69) is 27.2 Å². The second kappa shape index (κ2) is 10.4. The van der Waals surface area contributed by atoms with Gasteiger partial charge in [-0.2, -0.15) is 5.10 Å². The maximum absolute atomic E-state index is 12.8. The number of urea groups is 1. The maximum atomic E-state index is 12.8. The van der Waals surface area contributed by atoms with Crippen LogP contribution in [0.4, 0.5) is 16.2 Å². The van der Waals surface area contributed by atoms with Crippen LogP contribution < -0.4 is 15.1 Å². The van der Waals surface area contributed by atoms with Crippen molar-refractivity contribution in [1.29, 1.82) is 0 Å². The van der Waals surface area contributed by atoms with Crippen LogP contribution in [0.15, 0.2) is 47.6 Å². The molecule has 1 unspecified atom stereocenters. The first-order valence-electron chi connectivity index (χ1n) is 13.1. The molecule has 2 saturated heterocycles. The van der Waals surface area contributed by atoms with E-state index in [0.29, 0.717) is 32.6 Å². The fraction of sp³-hybridized carbons (Fsp3) is 0.429. The highest BCUT2D eigenvalue weighted by atomic mass is 16.2. The largest absolute Gasteiger partial charge is 0.360 e. The van der Waals surface area contributed by atoms with Crippen molar-refractivity contribution in [2.24, 2.45) is 5.10 Å². The number of piperazine rings is 2. The van der Waals surface area contributed by atoms with E-state index in [0.717, 1.165) is 46.9 Å². The molecule has 1 atom stereocenters. The third-order valence-electron chi connectivity index (χ3n) is 7.69. The van der Waals surface area contributed by atoms with Gasteiger partial charge in [0.1, 0.15) is 0 Å². The Labute approximate surface area is 223 Å². The third kappa shape index (κ3) is 4.90. The lowest BCUT2D eigenvalue weighted by atomic mass is 9.93. The van der Waals surface area contributed by atoms with Gasteiger partial charge in [-0.05, 0) is 43.2 Å². The maximum Gasteiger partial charge on any atom is 0.337 e. The Hall–Kier alpha value is -4.08. The number of carbonyl (C=O) groups excluding carboxylic acids is 3. The summed E-state index contributed by atoms with van der Waals surface area (Å²) >= 11 is 0. The summed E-state index contributed by atoms with van der Waals surface area (Å²) in [5.74, 6) is 0.213. The number of nitrogens with zero attached hydrogens (tertiary/aromatic N) is 6. The number of hydrazone groups is 1. The summed E-state index contributed by atoms with van der Waals surface area (Å²) in [5.41, 5.74) is 5.64. The summed E-state index contributed by atoms with van der Waals surface area (Å²) < 4.78 is 0. The fourth-order valence-electron chi connectivity index (χ4n) is 5.20. The van der Waals surface area contributed by atoms with Crippen molar-refractivity contribution in [3.63, 3.8) is 0 Å². The molecule has 2 fully saturated rings. The summed E-state index contributed by atoms with van der Waals surface area (Å²) in [6.07, 6.45) is 0.632. The van der Waals surface area contributed by atoms with Crippen molar-refractivity contribution in [3.05, 3.63) is 59.2 Å². The van der Waals surface area contributed by atoms with Crippen LogP contribution in [-0.2, 0) is 16.0 Å². The van der Waals surface area contributed by atoms with Crippen molar-refractivity contribution >= 4 is 34.9 Å². The summed E-state index contributed by atoms with van der Waals surface area (Å²) in [5, 5.41) is 9.08. The van der Waals surface area contributed by atoms with E-state index in [1.165, 1.54) is 5.01 Å². The van der Waals surface area contributed by atoms with Crippen LogP contribution in [0.2, 0.25) is 0 Å². The zero-order valence-corrected chi connectivity index (χ0v) is 22.5. The Morgan fingerprint density at radius 2 is 1.45 bits per heavy atom. The fourth-order valence-corrected chi connectivity index (χ4v) is 5.20. The second-order valence-corrected chi connectivity index (χ2v) is 10.3. The van der Waals surface area contributed by atoms with E-state index < -0.39 is 0 Å². The number of fused-ring (bicyclic) bond motifs is 1. The highest BCUT2D eigenvalue weighted by molar-refractivity contribution is 6.14. The molecule has 0 spiro atoms. The number of benzene rings is 2. The van der Waals surface area contributed by atoms with Gasteiger partial charge < -0.3 is 24.9 Å². The van der Waals surface area contributed by atoms with Crippen molar-refractivity contribution in [2.75, 3.05) is 70.2 Å². The molecule has 10 nitrogen and oxygen atoms in total. The topological polar surface area (TPSA) is 91.8 Å². The molecule has 0 radical (unpaired) electrons. The second-order valence-electron chi connectivity index (χ2n) is 10.3. The molecule has 0 saturated carbocycles. The van der Waals surface area contributed by atoms with Crippen molar-refractivity contribution < 1.29 is 14.4 Å². The normalized spacial score (nSPS) is 20.3. The predicted molar refractivity (Wildman–Crippen MR) is 148 cm³/mol. The Morgan fingerprint density at radius 3 is 2.03 bits per heavy atom. The zero-order chi connectivity index (χ0) is 27.0. The molecule has 10 heteroatoms. The summed E-state index contributed by atoms with van der Waals surface area (Å²) in [6, 6.07) is 13.8. The van der Waals surface area contributed by atoms with E-state index in [-0.39, 0.29) is 23.9 Å². The minimum Gasteiger partial charge on any atom is -0.360 e. The Kier molecular flexibility index (Phi) is 6.96. The standard InChI is InChI=1S/C28H35N7O3/c1-19-15-21-16-23(34-14-12-32(4)26(37)18-34)9-10-24(21)27(30-35(19)28(38)29-2)20-5-7-22(8-6-20)33-13-11-31(3)25(36)17-33/h5-10,16,19H,11-15,17-18H2,1-4H3,(H,29,38). The minimum absolute atomic E-state index is 0.106. The first-order chi connectivity index (χ1) is 18.2. The number of rotatable bonds is 3. The molecular weight excluding hydrogens is 482 g/mol. The van der Waals surface area contributed by atoms with Gasteiger partial charge in [-0.1, -0.05) is 18.2 Å². The summed E-state index contributed by atoms with van der Waals surface area (Å²) in [6.45, 7) is 5.65. The van der Waals surface area contributed by atoms with Crippen LogP contribution in [0, 0.1) is 0 Å². The third-order valence-corrected chi connectivity index (χ3v) is 7.69. The van der Waals surface area contributed by atoms with Crippen molar-refractivity contribution in [1.82, 2.24) is 20.1 Å². The average Bonchev–Trinajstić information content (AvgIpc) is 3.07. The lowest BCUT2D eigenvalue weighted by Crippen LogP contribution is -2.48. The number of amides is 4. The van der Waals surface area contributed by atoms with Gasteiger partial charge in [0.15, 0.2) is 0 Å². The lowest BCUT2D eigenvalue weighted by Gasteiger charge is -2.34. The molecule has 2 aromatic rings. The molecule has 0 aromatic heterocycles. The van der Waals surface area contributed by atoms with Crippen LogP contribution in [0.25, 0.3) is 0 Å². The number of likely N-dealkylation sites (N-methyl/N-ethyl adjacent to an activating group) is 2. The quantitative estimate of drug-likeness (QED) is 0.668. The molecule has 3 aliphatic heterocycles. The van der Waals surface area contributed by atoms with Crippen molar-refractivity contribution in [3.8, 4) is 0 Å². The number of hydrogen-bond donors (Lipinski definition) is 1. The molecule has 3 heterocycles. The molecule has 4 amide bonds. The lowest BCUT2D eigenvalue weighted by molar-refractivity contribution is -0.130. The van der Waals surface area contributed by atoms with Crippen LogP contribution in [-0.4, -0.2) is 105 Å². The minimum atomic E-state index is -0.264. The van der Waals surface area contributed by atoms with Crippen LogP contribution in [0.1, 0.15) is 23.6 Å². The predicted octanol–water partition coefficient (Wildman–Crippen LogP) is 1.58. The molecule has 200 valence electrons. The van der Waals surface area contributed by atoms with Gasteiger partial charge in [0.2, 0.25) is 11.8 Å². The van der Waals surface area contributed by atoms with Gasteiger partial charge in [-0.15, -0.1) is 0 Å². The van der Waals surface area contributed by atoms with E-state index in [1.807, 2.05) is 51.4 Å². The molecule has 3 aliphatic rings. The van der Waals surface area contributed by atoms with Crippen molar-refractivity contribution in [2.45, 2.75) is 19.4 Å². The molecule has 1 N–H and O–H groups in total. The smallest absolute Gasteiger partial charge is 0.337 e. The number of nitrogens with one attached hydrogen (secondary N) is 1. The number of carbonyl (C=O) groups is 3. The molecule has 5 rings (SSSR count). The molecule has 38 heavy (non-hydrogen) atoms. The van der Waals surface area contributed by atoms with E-state index in [9.17, 15) is 14.4 Å². The van der Waals surface area contributed by atoms with Gasteiger partial charge in [0.05, 0.1) is 24.8 Å². The van der Waals surface area contributed by atoms with Gasteiger partial charge in [0.25, 0.3) is 0 Å². The van der Waals surface area contributed by atoms with Gasteiger partial charge >= 0.3 is 6.03 Å². The van der Waals surface area contributed by atoms with Gasteiger partial charge in [-0.3, -0.25) is 9.59 Å². The Bertz CT molecular complexity index is 1280. The highest BCUT2D eigenvalue weighted by Gasteiger charge is 2.29. The molecule has 2 aromatic carbocycles. The summed E-state index contributed by atoms with van der Waals surface area (Å²) in [4.78, 5) is 45.0. The van der Waals surface area contributed by atoms with Gasteiger partial charge in [-0.25, -0.2) is 9.80 Å². The van der Waals surface area contributed by atoms with Crippen LogP contribution in [0.5, 0.6) is 0 Å². The zero-order valence-electron chi connectivity index (χ0n) is 22.5. The van der Waals surface area contributed by atoms with E-state index in [1.54, 1.807) is 16.8 Å². The Balaban J connectivity index is 1.49. The highest BCUT2D eigenvalue weighted by Crippen LogP contribution is 2.29. The number of anilines is 2. The van der Waals surface area contributed by atoms with Gasteiger partial charge in [0, 0.05) is 69.8 Å². The van der Waals surface area contributed by atoms with Crippen LogP contribution in [0.3, 0.4) is 0 Å². The molecular formula is C28H35N7O3. The van der Waals surface area contributed by atoms with E-state index in [4.69, 9.17) is 5.10 Å². The SMILES string of the molecule is CNC(=O)N1N=C(c2ccc(N3CCN(C)C(=O)C3)cc2)c2ccc(N3CCN(C)C(=O)C3)cc2CC1C. The first kappa shape index (κ1) is 25.6.